The van der Waals surface area contributed by atoms with E-state index in [4.69, 9.17) is 18.0 Å². The second kappa shape index (κ2) is 5.91. The molecule has 1 rings (SSSR count). The molecule has 0 aliphatic heterocycles. The van der Waals surface area contributed by atoms with Crippen LogP contribution in [0.5, 0.6) is 0 Å². The third-order valence-electron chi connectivity index (χ3n) is 2.87. The summed E-state index contributed by atoms with van der Waals surface area (Å²) in [5, 5.41) is 2.75. The minimum Gasteiger partial charge on any atom is -0.393 e. The average molecular weight is 268 g/mol. The minimum absolute atomic E-state index is 0.148. The maximum absolute atomic E-state index is 13.4. The van der Waals surface area contributed by atoms with Crippen molar-refractivity contribution in [3.63, 3.8) is 0 Å². The summed E-state index contributed by atoms with van der Waals surface area (Å²) < 4.78 is 13.4. The normalized spacial score (nSPS) is 13.8. The van der Waals surface area contributed by atoms with E-state index < -0.39 is 5.92 Å². The van der Waals surface area contributed by atoms with Crippen LogP contribution >= 0.6 is 12.2 Å². The minimum atomic E-state index is -0.530. The molecule has 18 heavy (non-hydrogen) atoms. The molecule has 0 heterocycles. The van der Waals surface area contributed by atoms with E-state index in [0.717, 1.165) is 0 Å². The van der Waals surface area contributed by atoms with Crippen LogP contribution in [0.2, 0.25) is 0 Å². The van der Waals surface area contributed by atoms with Crippen LogP contribution in [0.25, 0.3) is 0 Å². The molecule has 3 N–H and O–H groups in total. The van der Waals surface area contributed by atoms with Crippen molar-refractivity contribution < 1.29 is 9.18 Å². The van der Waals surface area contributed by atoms with Crippen molar-refractivity contribution in [1.29, 1.82) is 0 Å². The first-order chi connectivity index (χ1) is 8.32. The van der Waals surface area contributed by atoms with Gasteiger partial charge in [-0.05, 0) is 38.0 Å². The highest BCUT2D eigenvalue weighted by Gasteiger charge is 2.18. The summed E-state index contributed by atoms with van der Waals surface area (Å²) in [6.07, 6.45) is 0. The van der Waals surface area contributed by atoms with Crippen molar-refractivity contribution in [1.82, 2.24) is 5.32 Å². The summed E-state index contributed by atoms with van der Waals surface area (Å²) in [7, 11) is 0. The Kier molecular flexibility index (Phi) is 4.78. The van der Waals surface area contributed by atoms with E-state index in [2.05, 4.69) is 5.32 Å². The Morgan fingerprint density at radius 3 is 2.56 bits per heavy atom. The van der Waals surface area contributed by atoms with Crippen LogP contribution < -0.4 is 11.1 Å². The molecule has 0 bridgehead atoms. The number of rotatable bonds is 4. The molecule has 2 unspecified atom stereocenters. The first-order valence-electron chi connectivity index (χ1n) is 5.68. The van der Waals surface area contributed by atoms with Gasteiger partial charge in [-0.25, -0.2) is 4.39 Å². The second-order valence-corrected chi connectivity index (χ2v) is 4.83. The predicted octanol–water partition coefficient (Wildman–Crippen LogP) is 2.23. The van der Waals surface area contributed by atoms with Gasteiger partial charge in [0.15, 0.2) is 0 Å². The standard InChI is InChI=1S/C13H17FN2OS/c1-7-4-5-10(6-11(7)14)9(3)16-13(17)8(2)12(15)18/h4-6,8-9H,1-3H3,(H2,15,18)(H,16,17). The lowest BCUT2D eigenvalue weighted by molar-refractivity contribution is -0.123. The predicted molar refractivity (Wildman–Crippen MR) is 73.6 cm³/mol. The van der Waals surface area contributed by atoms with Gasteiger partial charge >= 0.3 is 0 Å². The molecule has 0 spiro atoms. The molecule has 0 saturated heterocycles. The first-order valence-corrected chi connectivity index (χ1v) is 6.09. The van der Waals surface area contributed by atoms with E-state index in [0.29, 0.717) is 11.1 Å². The summed E-state index contributed by atoms with van der Waals surface area (Å²) in [5.74, 6) is -1.07. The van der Waals surface area contributed by atoms with Gasteiger partial charge in [-0.3, -0.25) is 4.79 Å². The van der Waals surface area contributed by atoms with Gasteiger partial charge in [-0.1, -0.05) is 24.4 Å². The Bertz CT molecular complexity index is 476. The van der Waals surface area contributed by atoms with Gasteiger partial charge in [0.1, 0.15) is 5.82 Å². The van der Waals surface area contributed by atoms with Crippen LogP contribution in [0.15, 0.2) is 18.2 Å². The summed E-state index contributed by atoms with van der Waals surface area (Å²) in [4.78, 5) is 11.9. The highest BCUT2D eigenvalue weighted by Crippen LogP contribution is 2.16. The molecule has 1 aromatic rings. The molecule has 0 aromatic heterocycles. The molecule has 1 amide bonds. The van der Waals surface area contributed by atoms with Crippen LogP contribution in [0.3, 0.4) is 0 Å². The molecular weight excluding hydrogens is 251 g/mol. The number of carbonyl (C=O) groups excluding carboxylic acids is 1. The highest BCUT2D eigenvalue weighted by atomic mass is 32.1. The Morgan fingerprint density at radius 2 is 2.06 bits per heavy atom. The average Bonchev–Trinajstić information content (AvgIpc) is 2.31. The van der Waals surface area contributed by atoms with Crippen LogP contribution in [0.1, 0.15) is 31.0 Å². The first kappa shape index (κ1) is 14.6. The number of carbonyl (C=O) groups is 1. The Balaban J connectivity index is 2.76. The van der Waals surface area contributed by atoms with E-state index >= 15 is 0 Å². The van der Waals surface area contributed by atoms with Gasteiger partial charge < -0.3 is 11.1 Å². The zero-order chi connectivity index (χ0) is 13.9. The zero-order valence-corrected chi connectivity index (χ0v) is 11.5. The number of nitrogens with two attached hydrogens (primary N) is 1. The molecule has 0 saturated carbocycles. The molecule has 1 aromatic carbocycles. The third kappa shape index (κ3) is 3.50. The fourth-order valence-electron chi connectivity index (χ4n) is 1.43. The topological polar surface area (TPSA) is 55.1 Å². The van der Waals surface area contributed by atoms with Gasteiger partial charge in [0, 0.05) is 0 Å². The number of benzene rings is 1. The van der Waals surface area contributed by atoms with Gasteiger partial charge in [-0.15, -0.1) is 0 Å². The van der Waals surface area contributed by atoms with E-state index in [1.54, 1.807) is 32.9 Å². The van der Waals surface area contributed by atoms with Crippen LogP contribution in [-0.2, 0) is 4.79 Å². The van der Waals surface area contributed by atoms with Crippen molar-refractivity contribution in [3.8, 4) is 0 Å². The number of amides is 1. The van der Waals surface area contributed by atoms with E-state index in [1.165, 1.54) is 6.07 Å². The maximum Gasteiger partial charge on any atom is 0.230 e. The van der Waals surface area contributed by atoms with Gasteiger partial charge in [-0.2, -0.15) is 0 Å². The summed E-state index contributed by atoms with van der Waals surface area (Å²) >= 11 is 4.76. The Morgan fingerprint density at radius 1 is 1.44 bits per heavy atom. The summed E-state index contributed by atoms with van der Waals surface area (Å²) in [5.41, 5.74) is 6.69. The van der Waals surface area contributed by atoms with Crippen molar-refractivity contribution >= 4 is 23.1 Å². The quantitative estimate of drug-likeness (QED) is 0.823. The number of aryl methyl sites for hydroxylation is 1. The van der Waals surface area contributed by atoms with Crippen molar-refractivity contribution in [2.24, 2.45) is 11.7 Å². The number of halogens is 1. The van der Waals surface area contributed by atoms with Crippen molar-refractivity contribution in [3.05, 3.63) is 35.1 Å². The molecule has 0 fully saturated rings. The zero-order valence-electron chi connectivity index (χ0n) is 10.7. The molecule has 0 aliphatic rings. The largest absolute Gasteiger partial charge is 0.393 e. The fraction of sp³-hybridized carbons (Fsp3) is 0.385. The lowest BCUT2D eigenvalue weighted by atomic mass is 10.0. The number of hydrogen-bond acceptors (Lipinski definition) is 2. The summed E-state index contributed by atoms with van der Waals surface area (Å²) in [6.45, 7) is 5.12. The van der Waals surface area contributed by atoms with Gasteiger partial charge in [0.05, 0.1) is 16.9 Å². The fourth-order valence-corrected chi connectivity index (χ4v) is 1.54. The lowest BCUT2D eigenvalue weighted by Gasteiger charge is -2.17. The Labute approximate surface area is 112 Å². The lowest BCUT2D eigenvalue weighted by Crippen LogP contribution is -2.37. The maximum atomic E-state index is 13.4. The molecule has 2 atom stereocenters. The monoisotopic (exact) mass is 268 g/mol. The second-order valence-electron chi connectivity index (χ2n) is 4.36. The molecule has 0 radical (unpaired) electrons. The van der Waals surface area contributed by atoms with E-state index in [9.17, 15) is 9.18 Å². The van der Waals surface area contributed by atoms with E-state index in [-0.39, 0.29) is 22.8 Å². The van der Waals surface area contributed by atoms with E-state index in [1.807, 2.05) is 0 Å². The smallest absolute Gasteiger partial charge is 0.230 e. The van der Waals surface area contributed by atoms with Crippen molar-refractivity contribution in [2.75, 3.05) is 0 Å². The number of hydrogen-bond donors (Lipinski definition) is 2. The molecule has 3 nitrogen and oxygen atoms in total. The highest BCUT2D eigenvalue weighted by molar-refractivity contribution is 7.80. The Hall–Kier alpha value is -1.49. The summed E-state index contributed by atoms with van der Waals surface area (Å²) in [6, 6.07) is 4.61. The van der Waals surface area contributed by atoms with Gasteiger partial charge in [0.25, 0.3) is 0 Å². The van der Waals surface area contributed by atoms with Gasteiger partial charge in [0.2, 0.25) is 5.91 Å². The number of nitrogens with one attached hydrogen (secondary N) is 1. The van der Waals surface area contributed by atoms with Crippen LogP contribution in [0.4, 0.5) is 4.39 Å². The number of thiocarbonyl (C=S) groups is 1. The van der Waals surface area contributed by atoms with Crippen LogP contribution in [0, 0.1) is 18.7 Å². The van der Waals surface area contributed by atoms with Crippen LogP contribution in [-0.4, -0.2) is 10.9 Å². The van der Waals surface area contributed by atoms with Crippen molar-refractivity contribution in [2.45, 2.75) is 26.8 Å². The molecule has 0 aliphatic carbocycles. The SMILES string of the molecule is Cc1ccc(C(C)NC(=O)C(C)C(N)=S)cc1F. The molecule has 98 valence electrons. The molecule has 5 heteroatoms. The molecular formula is C13H17FN2OS. The third-order valence-corrected chi connectivity index (χ3v) is 3.23.